The van der Waals surface area contributed by atoms with E-state index in [1.807, 2.05) is 38.1 Å². The lowest BCUT2D eigenvalue weighted by molar-refractivity contribution is 0.330. The Labute approximate surface area is 101 Å². The number of nitrogens with zero attached hydrogens (tertiary/aromatic N) is 1. The highest BCUT2D eigenvalue weighted by molar-refractivity contribution is 5.28. The predicted molar refractivity (Wildman–Crippen MR) is 65.1 cm³/mol. The van der Waals surface area contributed by atoms with Crippen molar-refractivity contribution in [1.29, 1.82) is 0 Å². The zero-order chi connectivity index (χ0) is 12.1. The molecule has 4 nitrogen and oxygen atoms in total. The van der Waals surface area contributed by atoms with Gasteiger partial charge in [-0.2, -0.15) is 4.98 Å². The van der Waals surface area contributed by atoms with Crippen molar-refractivity contribution in [3.63, 3.8) is 0 Å². The Bertz CT molecular complexity index is 463. The van der Waals surface area contributed by atoms with Gasteiger partial charge in [0.2, 0.25) is 0 Å². The normalized spacial score (nSPS) is 10.5. The van der Waals surface area contributed by atoms with E-state index >= 15 is 0 Å². The van der Waals surface area contributed by atoms with Gasteiger partial charge in [0, 0.05) is 6.54 Å². The fraction of sp³-hybridized carbons (Fsp3) is 0.308. The van der Waals surface area contributed by atoms with Gasteiger partial charge < -0.3 is 14.5 Å². The second-order valence-corrected chi connectivity index (χ2v) is 3.80. The number of nitrogens with one attached hydrogen (secondary N) is 1. The molecule has 0 amide bonds. The summed E-state index contributed by atoms with van der Waals surface area (Å²) in [4.78, 5) is 4.21. The molecule has 1 N–H and O–H groups in total. The van der Waals surface area contributed by atoms with Gasteiger partial charge in [-0.15, -0.1) is 0 Å². The summed E-state index contributed by atoms with van der Waals surface area (Å²) in [6.45, 7) is 5.67. The van der Waals surface area contributed by atoms with E-state index in [0.29, 0.717) is 6.54 Å². The average molecular weight is 232 g/mol. The number of hydrogen-bond acceptors (Lipinski definition) is 4. The van der Waals surface area contributed by atoms with Crippen LogP contribution in [0.25, 0.3) is 0 Å². The number of hydrogen-bond donors (Lipinski definition) is 1. The van der Waals surface area contributed by atoms with E-state index in [1.165, 1.54) is 5.56 Å². The number of ether oxygens (including phenoxy) is 1. The van der Waals surface area contributed by atoms with E-state index in [0.717, 1.165) is 18.0 Å². The summed E-state index contributed by atoms with van der Waals surface area (Å²) in [6, 6.07) is 7.75. The Hall–Kier alpha value is -1.81. The Morgan fingerprint density at radius 3 is 2.76 bits per heavy atom. The zero-order valence-corrected chi connectivity index (χ0v) is 10.1. The molecule has 0 saturated heterocycles. The van der Waals surface area contributed by atoms with Gasteiger partial charge in [0.1, 0.15) is 12.0 Å². The van der Waals surface area contributed by atoms with Crippen molar-refractivity contribution in [3.8, 4) is 11.8 Å². The van der Waals surface area contributed by atoms with Gasteiger partial charge in [-0.25, -0.2) is 0 Å². The van der Waals surface area contributed by atoms with Crippen molar-refractivity contribution in [3.05, 3.63) is 41.8 Å². The summed E-state index contributed by atoms with van der Waals surface area (Å²) in [6.07, 6.45) is 1.88. The zero-order valence-electron chi connectivity index (χ0n) is 10.1. The van der Waals surface area contributed by atoms with Crippen LogP contribution in [0.3, 0.4) is 0 Å². The Balaban J connectivity index is 1.98. The quantitative estimate of drug-likeness (QED) is 0.861. The van der Waals surface area contributed by atoms with E-state index < -0.39 is 0 Å². The van der Waals surface area contributed by atoms with Gasteiger partial charge in [-0.1, -0.05) is 24.6 Å². The standard InChI is InChI=1S/C13H16N2O2/c1-3-14-8-11-9-16-13(15-11)17-12-6-4-10(2)5-7-12/h4-7,9,14H,3,8H2,1-2H3. The van der Waals surface area contributed by atoms with Gasteiger partial charge in [-0.05, 0) is 25.6 Å². The monoisotopic (exact) mass is 232 g/mol. The van der Waals surface area contributed by atoms with E-state index in [1.54, 1.807) is 6.26 Å². The number of benzene rings is 1. The second kappa shape index (κ2) is 5.50. The summed E-state index contributed by atoms with van der Waals surface area (Å²) >= 11 is 0. The third-order valence-electron chi connectivity index (χ3n) is 2.31. The molecule has 0 aliphatic carbocycles. The molecule has 90 valence electrons. The molecule has 0 unspecified atom stereocenters. The van der Waals surface area contributed by atoms with Crippen molar-refractivity contribution in [2.75, 3.05) is 6.54 Å². The first kappa shape index (κ1) is 11.7. The third kappa shape index (κ3) is 3.32. The lowest BCUT2D eigenvalue weighted by Gasteiger charge is -2.00. The molecule has 1 aromatic heterocycles. The molecule has 17 heavy (non-hydrogen) atoms. The maximum Gasteiger partial charge on any atom is 0.399 e. The predicted octanol–water partition coefficient (Wildman–Crippen LogP) is 2.88. The Morgan fingerprint density at radius 2 is 2.06 bits per heavy atom. The molecule has 1 heterocycles. The van der Waals surface area contributed by atoms with Crippen LogP contribution in [0.5, 0.6) is 11.8 Å². The van der Waals surface area contributed by atoms with Crippen LogP contribution in [0.1, 0.15) is 18.2 Å². The molecule has 2 rings (SSSR count). The van der Waals surface area contributed by atoms with Crippen LogP contribution in [0.15, 0.2) is 34.9 Å². The summed E-state index contributed by atoms with van der Waals surface area (Å²) < 4.78 is 10.7. The Morgan fingerprint density at radius 1 is 1.29 bits per heavy atom. The summed E-state index contributed by atoms with van der Waals surface area (Å²) in [5.41, 5.74) is 2.03. The van der Waals surface area contributed by atoms with Gasteiger partial charge >= 0.3 is 6.08 Å². The first-order valence-electron chi connectivity index (χ1n) is 5.67. The molecule has 0 bridgehead atoms. The fourth-order valence-corrected chi connectivity index (χ4v) is 1.38. The highest BCUT2D eigenvalue weighted by Crippen LogP contribution is 2.20. The van der Waals surface area contributed by atoms with Crippen molar-refractivity contribution >= 4 is 0 Å². The summed E-state index contributed by atoms with van der Waals surface area (Å²) in [5, 5.41) is 3.17. The van der Waals surface area contributed by atoms with Crippen molar-refractivity contribution in [2.24, 2.45) is 0 Å². The SMILES string of the molecule is CCNCc1coc(Oc2ccc(C)cc2)n1. The molecular weight excluding hydrogens is 216 g/mol. The topological polar surface area (TPSA) is 47.3 Å². The second-order valence-electron chi connectivity index (χ2n) is 3.80. The van der Waals surface area contributed by atoms with Crippen LogP contribution in [-0.4, -0.2) is 11.5 Å². The van der Waals surface area contributed by atoms with Gasteiger partial charge in [0.25, 0.3) is 0 Å². The van der Waals surface area contributed by atoms with Crippen LogP contribution in [-0.2, 0) is 6.54 Å². The lowest BCUT2D eigenvalue weighted by Crippen LogP contribution is -2.11. The van der Waals surface area contributed by atoms with Crippen LogP contribution in [0.2, 0.25) is 0 Å². The molecule has 2 aromatic rings. The van der Waals surface area contributed by atoms with Gasteiger partial charge in [-0.3, -0.25) is 0 Å². The highest BCUT2D eigenvalue weighted by atomic mass is 16.6. The molecule has 4 heteroatoms. The number of rotatable bonds is 5. The maximum atomic E-state index is 5.49. The molecule has 0 aliphatic heterocycles. The molecule has 0 radical (unpaired) electrons. The van der Waals surface area contributed by atoms with Gasteiger partial charge in [0.15, 0.2) is 0 Å². The van der Waals surface area contributed by atoms with Crippen LogP contribution in [0.4, 0.5) is 0 Å². The molecule has 0 atom stereocenters. The van der Waals surface area contributed by atoms with Crippen LogP contribution >= 0.6 is 0 Å². The minimum Gasteiger partial charge on any atom is -0.417 e. The summed E-state index contributed by atoms with van der Waals surface area (Å²) in [5.74, 6) is 0.729. The third-order valence-corrected chi connectivity index (χ3v) is 2.31. The molecule has 0 saturated carbocycles. The lowest BCUT2D eigenvalue weighted by atomic mass is 10.2. The van der Waals surface area contributed by atoms with Crippen LogP contribution in [0, 0.1) is 6.92 Å². The average Bonchev–Trinajstić information content (AvgIpc) is 2.77. The van der Waals surface area contributed by atoms with Crippen molar-refractivity contribution < 1.29 is 9.15 Å². The first-order chi connectivity index (χ1) is 8.28. The summed E-state index contributed by atoms with van der Waals surface area (Å²) in [7, 11) is 0. The van der Waals surface area contributed by atoms with Gasteiger partial charge in [0.05, 0.1) is 5.69 Å². The molecule has 0 fully saturated rings. The number of aromatic nitrogens is 1. The van der Waals surface area contributed by atoms with E-state index in [2.05, 4.69) is 10.3 Å². The Kier molecular flexibility index (Phi) is 3.77. The molecule has 0 spiro atoms. The van der Waals surface area contributed by atoms with Crippen molar-refractivity contribution in [2.45, 2.75) is 20.4 Å². The minimum absolute atomic E-state index is 0.279. The number of oxazole rings is 1. The maximum absolute atomic E-state index is 5.49. The largest absolute Gasteiger partial charge is 0.417 e. The highest BCUT2D eigenvalue weighted by Gasteiger charge is 2.05. The smallest absolute Gasteiger partial charge is 0.399 e. The van der Waals surface area contributed by atoms with Crippen LogP contribution < -0.4 is 10.1 Å². The van der Waals surface area contributed by atoms with E-state index in [-0.39, 0.29) is 6.08 Å². The number of aryl methyl sites for hydroxylation is 1. The fourth-order valence-electron chi connectivity index (χ4n) is 1.38. The van der Waals surface area contributed by atoms with Crippen molar-refractivity contribution in [1.82, 2.24) is 10.3 Å². The molecule has 0 aliphatic rings. The minimum atomic E-state index is 0.279. The first-order valence-corrected chi connectivity index (χ1v) is 5.67. The van der Waals surface area contributed by atoms with E-state index in [9.17, 15) is 0 Å². The molecular formula is C13H16N2O2. The van der Waals surface area contributed by atoms with E-state index in [4.69, 9.17) is 9.15 Å². The molecule has 1 aromatic carbocycles.